The average Bonchev–Trinajstić information content (AvgIpc) is 3.11. The van der Waals surface area contributed by atoms with Crippen molar-refractivity contribution in [1.29, 1.82) is 0 Å². The van der Waals surface area contributed by atoms with Crippen molar-refractivity contribution in [1.82, 2.24) is 5.32 Å². The van der Waals surface area contributed by atoms with E-state index in [1.54, 1.807) is 0 Å². The molecule has 3 N–H and O–H groups in total. The van der Waals surface area contributed by atoms with Gasteiger partial charge in [0.15, 0.2) is 0 Å². The average molecular weight is 299 g/mol. The normalized spacial score (nSPS) is 14.9. The van der Waals surface area contributed by atoms with Crippen molar-refractivity contribution in [2.75, 3.05) is 0 Å². The summed E-state index contributed by atoms with van der Waals surface area (Å²) < 4.78 is 22.9. The molecule has 2 rings (SSSR count). The second-order valence-corrected chi connectivity index (χ2v) is 6.20. The molecule has 1 aliphatic carbocycles. The molecule has 0 unspecified atom stereocenters. The van der Waals surface area contributed by atoms with Crippen molar-refractivity contribution in [2.45, 2.75) is 30.7 Å². The molecule has 0 spiro atoms. The zero-order valence-corrected chi connectivity index (χ0v) is 11.4. The van der Waals surface area contributed by atoms with Crippen molar-refractivity contribution in [3.8, 4) is 0 Å². The van der Waals surface area contributed by atoms with Gasteiger partial charge in [-0.1, -0.05) is 0 Å². The molecule has 0 bridgehead atoms. The Morgan fingerprint density at radius 3 is 2.50 bits per heavy atom. The van der Waals surface area contributed by atoms with Gasteiger partial charge >= 0.3 is 0 Å². The zero-order valence-electron chi connectivity index (χ0n) is 10.6. The Morgan fingerprint density at radius 2 is 2.05 bits per heavy atom. The van der Waals surface area contributed by atoms with Crippen molar-refractivity contribution in [2.24, 2.45) is 5.14 Å². The Balaban J connectivity index is 2.55. The van der Waals surface area contributed by atoms with Gasteiger partial charge in [0.1, 0.15) is 0 Å². The number of carbonyl (C=O) groups excluding carboxylic acids is 1. The number of benzene rings is 1. The number of sulfonamides is 1. The molecule has 0 radical (unpaired) electrons. The van der Waals surface area contributed by atoms with Gasteiger partial charge in [-0.15, -0.1) is 0 Å². The van der Waals surface area contributed by atoms with Crippen molar-refractivity contribution in [3.63, 3.8) is 0 Å². The van der Waals surface area contributed by atoms with E-state index in [1.807, 2.05) is 0 Å². The summed E-state index contributed by atoms with van der Waals surface area (Å²) in [6.07, 6.45) is 1.70. The minimum atomic E-state index is -4.14. The fraction of sp³-hybridized carbons (Fsp3) is 0.364. The summed E-state index contributed by atoms with van der Waals surface area (Å²) >= 11 is 0. The number of nitrogens with one attached hydrogen (secondary N) is 1. The van der Waals surface area contributed by atoms with Crippen molar-refractivity contribution in [3.05, 3.63) is 33.4 Å². The first-order valence-corrected chi connectivity index (χ1v) is 7.37. The van der Waals surface area contributed by atoms with Crippen LogP contribution >= 0.6 is 0 Å². The molecule has 1 fully saturated rings. The molecule has 1 aromatic rings. The lowest BCUT2D eigenvalue weighted by molar-refractivity contribution is -0.385. The molecule has 9 heteroatoms. The molecule has 1 aliphatic rings. The Labute approximate surface area is 115 Å². The highest BCUT2D eigenvalue weighted by atomic mass is 32.2. The molecule has 0 saturated heterocycles. The number of nitrogens with zero attached hydrogens (tertiary/aromatic N) is 1. The van der Waals surface area contributed by atoms with Gasteiger partial charge in [0.05, 0.1) is 9.82 Å². The first kappa shape index (κ1) is 14.4. The maximum atomic E-state index is 11.9. The van der Waals surface area contributed by atoms with Crippen LogP contribution in [0.5, 0.6) is 0 Å². The van der Waals surface area contributed by atoms with Crippen LogP contribution in [0.25, 0.3) is 0 Å². The third kappa shape index (κ3) is 2.94. The number of nitro groups is 1. The first-order valence-electron chi connectivity index (χ1n) is 5.83. The largest absolute Gasteiger partial charge is 0.349 e. The topological polar surface area (TPSA) is 132 Å². The standard InChI is InChI=1S/C11H13N3O5S/c1-6-9(14(16)17)4-7(5-10(6)20(12,18)19)11(15)13-8-2-3-8/h4-5,8H,2-3H2,1H3,(H,13,15)(H2,12,18,19). The van der Waals surface area contributed by atoms with Gasteiger partial charge in [0, 0.05) is 23.2 Å². The van der Waals surface area contributed by atoms with Gasteiger partial charge in [-0.25, -0.2) is 13.6 Å². The number of primary sulfonamides is 1. The molecule has 1 saturated carbocycles. The minimum Gasteiger partial charge on any atom is -0.349 e. The Kier molecular flexibility index (Phi) is 3.48. The van der Waals surface area contributed by atoms with E-state index < -0.39 is 31.4 Å². The van der Waals surface area contributed by atoms with Gasteiger partial charge in [0.25, 0.3) is 11.6 Å². The van der Waals surface area contributed by atoms with Gasteiger partial charge in [-0.05, 0) is 25.8 Å². The summed E-state index contributed by atoms with van der Waals surface area (Å²) in [7, 11) is -4.14. The van der Waals surface area contributed by atoms with Crippen molar-refractivity contribution < 1.29 is 18.1 Å². The minimum absolute atomic E-state index is 0.0563. The molecule has 8 nitrogen and oxygen atoms in total. The summed E-state index contributed by atoms with van der Waals surface area (Å²) in [6.45, 7) is 1.28. The van der Waals surface area contributed by atoms with E-state index in [0.29, 0.717) is 0 Å². The van der Waals surface area contributed by atoms with Crippen LogP contribution < -0.4 is 10.5 Å². The zero-order chi connectivity index (χ0) is 15.1. The fourth-order valence-corrected chi connectivity index (χ4v) is 2.61. The van der Waals surface area contributed by atoms with E-state index in [-0.39, 0.29) is 17.2 Å². The number of nitrogens with two attached hydrogens (primary N) is 1. The molecule has 0 heterocycles. The Bertz CT molecular complexity index is 694. The molecular weight excluding hydrogens is 286 g/mol. The maximum absolute atomic E-state index is 11.9. The van der Waals surface area contributed by atoms with Gasteiger partial charge in [-0.2, -0.15) is 0 Å². The second-order valence-electron chi connectivity index (χ2n) is 4.67. The maximum Gasteiger partial charge on any atom is 0.274 e. The quantitative estimate of drug-likeness (QED) is 0.615. The highest BCUT2D eigenvalue weighted by Crippen LogP contribution is 2.27. The Morgan fingerprint density at radius 1 is 1.45 bits per heavy atom. The number of amides is 1. The summed E-state index contributed by atoms with van der Waals surface area (Å²) in [5.74, 6) is -0.541. The van der Waals surface area contributed by atoms with Crippen LogP contribution in [0.3, 0.4) is 0 Å². The van der Waals surface area contributed by atoms with E-state index in [2.05, 4.69) is 5.32 Å². The molecule has 0 aromatic heterocycles. The van der Waals surface area contributed by atoms with Crippen LogP contribution in [0.15, 0.2) is 17.0 Å². The molecule has 0 aliphatic heterocycles. The number of carbonyl (C=O) groups is 1. The van der Waals surface area contributed by atoms with E-state index in [9.17, 15) is 23.3 Å². The summed E-state index contributed by atoms with van der Waals surface area (Å²) in [4.78, 5) is 21.7. The van der Waals surface area contributed by atoms with Crippen LogP contribution in [0.2, 0.25) is 0 Å². The predicted octanol–water partition coefficient (Wildman–Crippen LogP) is 0.443. The van der Waals surface area contributed by atoms with E-state index >= 15 is 0 Å². The monoisotopic (exact) mass is 299 g/mol. The van der Waals surface area contributed by atoms with Crippen molar-refractivity contribution >= 4 is 21.6 Å². The molecule has 20 heavy (non-hydrogen) atoms. The van der Waals surface area contributed by atoms with E-state index in [1.165, 1.54) is 6.92 Å². The summed E-state index contributed by atoms with van der Waals surface area (Å²) in [5, 5.41) is 18.6. The third-order valence-electron chi connectivity index (χ3n) is 3.01. The molecule has 1 amide bonds. The first-order chi connectivity index (χ1) is 9.20. The molecular formula is C11H13N3O5S. The Hall–Kier alpha value is -2.00. The third-order valence-corrected chi connectivity index (χ3v) is 4.05. The lowest BCUT2D eigenvalue weighted by Crippen LogP contribution is -2.26. The molecule has 0 atom stereocenters. The SMILES string of the molecule is Cc1c([N+](=O)[O-])cc(C(=O)NC2CC2)cc1S(N)(=O)=O. The van der Waals surface area contributed by atoms with Crippen LogP contribution in [0.1, 0.15) is 28.8 Å². The number of hydrogen-bond donors (Lipinski definition) is 2. The van der Waals surface area contributed by atoms with Crippen LogP contribution in [0, 0.1) is 17.0 Å². The van der Waals surface area contributed by atoms with E-state index in [0.717, 1.165) is 25.0 Å². The smallest absolute Gasteiger partial charge is 0.274 e. The highest BCUT2D eigenvalue weighted by molar-refractivity contribution is 7.89. The number of hydrogen-bond acceptors (Lipinski definition) is 5. The van der Waals surface area contributed by atoms with Gasteiger partial charge < -0.3 is 5.32 Å². The van der Waals surface area contributed by atoms with Gasteiger partial charge in [0.2, 0.25) is 10.0 Å². The van der Waals surface area contributed by atoms with E-state index in [4.69, 9.17) is 5.14 Å². The lowest BCUT2D eigenvalue weighted by Gasteiger charge is -2.08. The van der Waals surface area contributed by atoms with Crippen LogP contribution in [-0.2, 0) is 10.0 Å². The predicted molar refractivity (Wildman–Crippen MR) is 69.7 cm³/mol. The van der Waals surface area contributed by atoms with Crippen LogP contribution in [-0.4, -0.2) is 25.3 Å². The fourth-order valence-electron chi connectivity index (χ4n) is 1.79. The number of nitro benzene ring substituents is 1. The highest BCUT2D eigenvalue weighted by Gasteiger charge is 2.27. The molecule has 1 aromatic carbocycles. The molecule has 108 valence electrons. The lowest BCUT2D eigenvalue weighted by atomic mass is 10.1. The van der Waals surface area contributed by atoms with Crippen LogP contribution in [0.4, 0.5) is 5.69 Å². The summed E-state index contributed by atoms with van der Waals surface area (Å²) in [6, 6.07) is 2.18. The number of rotatable bonds is 4. The second kappa shape index (κ2) is 4.84. The summed E-state index contributed by atoms with van der Waals surface area (Å²) in [5.41, 5.74) is -0.615. The van der Waals surface area contributed by atoms with Gasteiger partial charge in [-0.3, -0.25) is 14.9 Å².